The Morgan fingerprint density at radius 3 is 1.45 bits per heavy atom. The lowest BCUT2D eigenvalue weighted by atomic mass is 9.82. The maximum atomic E-state index is 10.3. The van der Waals surface area contributed by atoms with Gasteiger partial charge in [0, 0.05) is 0 Å². The highest BCUT2D eigenvalue weighted by Gasteiger charge is 2.28. The molecular weight excluding hydrogens is 488 g/mol. The first-order valence-corrected chi connectivity index (χ1v) is 14.8. The van der Waals surface area contributed by atoms with E-state index < -0.39 is 11.2 Å². The van der Waals surface area contributed by atoms with E-state index in [0.717, 1.165) is 38.5 Å². The van der Waals surface area contributed by atoms with Crippen LogP contribution in [0.4, 0.5) is 0 Å². The molecule has 2 nitrogen and oxygen atoms in total. The Hall–Kier alpha value is -3.20. The quantitative estimate of drug-likeness (QED) is 0.176. The van der Waals surface area contributed by atoms with E-state index in [-0.39, 0.29) is 0 Å². The van der Waals surface area contributed by atoms with Gasteiger partial charge in [-0.3, -0.25) is 0 Å². The lowest BCUT2D eigenvalue weighted by Crippen LogP contribution is -2.29. The second-order valence-electron chi connectivity index (χ2n) is 12.1. The van der Waals surface area contributed by atoms with Gasteiger partial charge in [-0.25, -0.2) is 0 Å². The second kappa shape index (κ2) is 13.9. The lowest BCUT2D eigenvalue weighted by Gasteiger charge is -2.32. The smallest absolute Gasteiger partial charge is 0.0878 e. The number of hydrogen-bond acceptors (Lipinski definition) is 2. The number of rotatable bonds is 14. The van der Waals surface area contributed by atoms with Crippen LogP contribution in [-0.2, 0) is 48.9 Å². The number of benzene rings is 4. The normalized spacial score (nSPS) is 12.0. The Labute approximate surface area is 242 Å². The van der Waals surface area contributed by atoms with Gasteiger partial charge in [0.1, 0.15) is 0 Å². The zero-order valence-corrected chi connectivity index (χ0v) is 24.8. The predicted octanol–water partition coefficient (Wildman–Crippen LogP) is 8.45. The molecule has 1 N–H and O–H groups in total. The molecule has 0 saturated carbocycles. The third-order valence-corrected chi connectivity index (χ3v) is 7.89. The molecule has 0 spiro atoms. The summed E-state index contributed by atoms with van der Waals surface area (Å²) in [6.45, 7) is 8.58. The number of aliphatic hydroxyl groups is 1. The summed E-state index contributed by atoms with van der Waals surface area (Å²) in [5, 5.41) is 10.3. The molecule has 0 fully saturated rings. The van der Waals surface area contributed by atoms with Crippen LogP contribution < -0.4 is 0 Å². The average Bonchev–Trinajstić information content (AvgIpc) is 2.94. The fourth-order valence-electron chi connectivity index (χ4n) is 5.52. The maximum absolute atomic E-state index is 10.3. The Kier molecular flexibility index (Phi) is 10.4. The Balaban J connectivity index is 1.71. The van der Waals surface area contributed by atoms with Gasteiger partial charge in [-0.1, -0.05) is 103 Å². The highest BCUT2D eigenvalue weighted by molar-refractivity contribution is 5.45. The summed E-state index contributed by atoms with van der Waals surface area (Å²) in [5.74, 6) is 0. The highest BCUT2D eigenvalue weighted by atomic mass is 16.5. The van der Waals surface area contributed by atoms with Gasteiger partial charge in [-0.05, 0) is 112 Å². The van der Waals surface area contributed by atoms with Gasteiger partial charge >= 0.3 is 0 Å². The molecule has 0 saturated heterocycles. The molecule has 0 bridgehead atoms. The first kappa shape index (κ1) is 29.8. The predicted molar refractivity (Wildman–Crippen MR) is 168 cm³/mol. The first-order valence-electron chi connectivity index (χ1n) is 14.8. The van der Waals surface area contributed by atoms with Crippen LogP contribution in [0.2, 0.25) is 0 Å². The van der Waals surface area contributed by atoms with Crippen molar-refractivity contribution in [2.24, 2.45) is 0 Å². The molecule has 0 aliphatic rings. The van der Waals surface area contributed by atoms with Gasteiger partial charge in [-0.2, -0.15) is 0 Å². The largest absolute Gasteiger partial charge is 0.390 e. The lowest BCUT2D eigenvalue weighted by molar-refractivity contribution is -0.0499. The maximum Gasteiger partial charge on any atom is 0.0878 e. The fraction of sp³-hybridized carbons (Fsp3) is 0.368. The topological polar surface area (TPSA) is 29.5 Å². The molecule has 0 radical (unpaired) electrons. The molecule has 4 aromatic rings. The zero-order valence-electron chi connectivity index (χ0n) is 24.8. The third-order valence-electron chi connectivity index (χ3n) is 7.89. The number of aryl methyl sites for hydroxylation is 4. The number of ether oxygens (including phenoxy) is 1. The van der Waals surface area contributed by atoms with E-state index in [4.69, 9.17) is 4.74 Å². The molecule has 0 amide bonds. The molecule has 0 atom stereocenters. The van der Waals surface area contributed by atoms with Crippen LogP contribution in [-0.4, -0.2) is 17.3 Å². The first-order chi connectivity index (χ1) is 19.2. The van der Waals surface area contributed by atoms with Crippen LogP contribution in [0.15, 0.2) is 103 Å². The summed E-state index contributed by atoms with van der Waals surface area (Å²) in [7, 11) is 0. The van der Waals surface area contributed by atoms with Crippen LogP contribution in [0, 0.1) is 0 Å². The molecule has 0 heterocycles. The molecule has 0 aromatic heterocycles. The molecule has 0 unspecified atom stereocenters. The second-order valence-corrected chi connectivity index (χ2v) is 12.1. The zero-order chi connectivity index (χ0) is 28.4. The van der Waals surface area contributed by atoms with Crippen molar-refractivity contribution in [1.82, 2.24) is 0 Å². The van der Waals surface area contributed by atoms with Gasteiger partial charge in [0.25, 0.3) is 0 Å². The summed E-state index contributed by atoms with van der Waals surface area (Å²) in [4.78, 5) is 0. The fourth-order valence-corrected chi connectivity index (χ4v) is 5.52. The number of hydrogen-bond donors (Lipinski definition) is 1. The summed E-state index contributed by atoms with van der Waals surface area (Å²) in [6.07, 6.45) is 6.64. The standard InChI is InChI=1S/C38H46O2/c1-37(2,39)28-29-40-38(3,4)36-27-24-33(23-20-30-14-8-5-9-15-30)34(25-21-31-16-10-6-11-17-31)35(36)26-22-32-18-12-7-13-19-32/h5-19,24,27,39H,20-23,25-26,28-29H2,1-4H3. The van der Waals surface area contributed by atoms with E-state index in [9.17, 15) is 5.11 Å². The molecule has 0 aliphatic heterocycles. The van der Waals surface area contributed by atoms with Crippen molar-refractivity contribution in [3.05, 3.63) is 142 Å². The van der Waals surface area contributed by atoms with E-state index >= 15 is 0 Å². The molecule has 0 aliphatic carbocycles. The third kappa shape index (κ3) is 8.91. The van der Waals surface area contributed by atoms with E-state index in [1.807, 2.05) is 13.8 Å². The minimum absolute atomic E-state index is 0.462. The van der Waals surface area contributed by atoms with Crippen LogP contribution in [0.3, 0.4) is 0 Å². The van der Waals surface area contributed by atoms with Gasteiger partial charge in [0.2, 0.25) is 0 Å². The van der Waals surface area contributed by atoms with Crippen molar-refractivity contribution in [3.63, 3.8) is 0 Å². The summed E-state index contributed by atoms with van der Waals surface area (Å²) in [5.41, 5.74) is 8.53. The van der Waals surface area contributed by atoms with E-state index in [2.05, 4.69) is 117 Å². The minimum Gasteiger partial charge on any atom is -0.390 e. The van der Waals surface area contributed by atoms with Crippen LogP contribution in [0.1, 0.15) is 73.1 Å². The Bertz CT molecular complexity index is 1300. The SMILES string of the molecule is CC(C)(O)CCOC(C)(C)c1ccc(CCc2ccccc2)c(CCc2ccccc2)c1CCc1ccccc1. The van der Waals surface area contributed by atoms with Crippen LogP contribution in [0.25, 0.3) is 0 Å². The van der Waals surface area contributed by atoms with Crippen LogP contribution in [0.5, 0.6) is 0 Å². The van der Waals surface area contributed by atoms with Gasteiger partial charge in [-0.15, -0.1) is 0 Å². The summed E-state index contributed by atoms with van der Waals surface area (Å²) >= 11 is 0. The van der Waals surface area contributed by atoms with Crippen molar-refractivity contribution < 1.29 is 9.84 Å². The van der Waals surface area contributed by atoms with Crippen LogP contribution >= 0.6 is 0 Å². The molecule has 4 aromatic carbocycles. The Morgan fingerprint density at radius 1 is 0.525 bits per heavy atom. The average molecular weight is 535 g/mol. The Morgan fingerprint density at radius 2 is 0.975 bits per heavy atom. The molecule has 2 heteroatoms. The van der Waals surface area contributed by atoms with Gasteiger partial charge in [0.15, 0.2) is 0 Å². The van der Waals surface area contributed by atoms with Crippen molar-refractivity contribution in [2.75, 3.05) is 6.61 Å². The highest BCUT2D eigenvalue weighted by Crippen LogP contribution is 2.34. The monoisotopic (exact) mass is 534 g/mol. The van der Waals surface area contributed by atoms with Crippen molar-refractivity contribution >= 4 is 0 Å². The van der Waals surface area contributed by atoms with E-state index in [1.54, 1.807) is 0 Å². The summed E-state index contributed by atoms with van der Waals surface area (Å²) in [6, 6.07) is 37.1. The molecular formula is C38H46O2. The minimum atomic E-state index is -0.742. The van der Waals surface area contributed by atoms with E-state index in [1.165, 1.54) is 38.9 Å². The van der Waals surface area contributed by atoms with Crippen molar-refractivity contribution in [2.45, 2.75) is 83.8 Å². The molecule has 40 heavy (non-hydrogen) atoms. The summed E-state index contributed by atoms with van der Waals surface area (Å²) < 4.78 is 6.51. The van der Waals surface area contributed by atoms with Crippen molar-refractivity contribution in [3.8, 4) is 0 Å². The molecule has 210 valence electrons. The van der Waals surface area contributed by atoms with Gasteiger partial charge in [0.05, 0.1) is 17.8 Å². The van der Waals surface area contributed by atoms with Crippen molar-refractivity contribution in [1.29, 1.82) is 0 Å². The van der Waals surface area contributed by atoms with Gasteiger partial charge < -0.3 is 9.84 Å². The van der Waals surface area contributed by atoms with E-state index in [0.29, 0.717) is 13.0 Å². The molecule has 4 rings (SSSR count).